The Bertz CT molecular complexity index is 630. The Kier molecular flexibility index (Phi) is 6.36. The Morgan fingerprint density at radius 1 is 1.16 bits per heavy atom. The molecule has 0 N–H and O–H groups in total. The monoisotopic (exact) mass is 367 g/mol. The summed E-state index contributed by atoms with van der Waals surface area (Å²) in [6.07, 6.45) is 5.83. The van der Waals surface area contributed by atoms with Crippen LogP contribution < -0.4 is 4.74 Å². The van der Waals surface area contributed by atoms with Crippen LogP contribution in [0.3, 0.4) is 0 Å². The molecule has 2 saturated heterocycles. The number of nitrogens with zero attached hydrogens (tertiary/aromatic N) is 1. The quantitative estimate of drug-likeness (QED) is 0.744. The molecule has 0 saturated carbocycles. The lowest BCUT2D eigenvalue weighted by molar-refractivity contribution is 0.126. The fourth-order valence-electron chi connectivity index (χ4n) is 3.76. The highest BCUT2D eigenvalue weighted by molar-refractivity contribution is 7.89. The van der Waals surface area contributed by atoms with E-state index in [1.165, 1.54) is 5.56 Å². The van der Waals surface area contributed by atoms with Crippen molar-refractivity contribution in [1.82, 2.24) is 4.31 Å². The molecule has 2 fully saturated rings. The van der Waals surface area contributed by atoms with Gasteiger partial charge in [0.1, 0.15) is 5.75 Å². The van der Waals surface area contributed by atoms with E-state index in [2.05, 4.69) is 12.1 Å². The van der Waals surface area contributed by atoms with Crippen molar-refractivity contribution in [3.05, 3.63) is 29.8 Å². The number of sulfonamides is 1. The molecular formula is C19H29NO4S. The van der Waals surface area contributed by atoms with Crippen LogP contribution in [0.5, 0.6) is 5.75 Å². The maximum atomic E-state index is 12.5. The van der Waals surface area contributed by atoms with Crippen LogP contribution in [0.15, 0.2) is 24.3 Å². The van der Waals surface area contributed by atoms with Gasteiger partial charge < -0.3 is 9.47 Å². The third-order valence-electron chi connectivity index (χ3n) is 5.39. The fraction of sp³-hybridized carbons (Fsp3) is 0.684. The molecule has 0 aliphatic carbocycles. The molecule has 5 nitrogen and oxygen atoms in total. The van der Waals surface area contributed by atoms with Crippen molar-refractivity contribution >= 4 is 10.0 Å². The molecule has 1 aromatic carbocycles. The second-order valence-electron chi connectivity index (χ2n) is 7.14. The zero-order valence-corrected chi connectivity index (χ0v) is 15.8. The van der Waals surface area contributed by atoms with E-state index in [9.17, 15) is 8.42 Å². The number of hydrogen-bond donors (Lipinski definition) is 0. The maximum Gasteiger partial charge on any atom is 0.216 e. The molecule has 3 rings (SSSR count). The topological polar surface area (TPSA) is 55.8 Å². The molecule has 140 valence electrons. The third-order valence-corrected chi connectivity index (χ3v) is 7.33. The molecule has 2 aliphatic rings. The Hall–Kier alpha value is -1.11. The van der Waals surface area contributed by atoms with Crippen molar-refractivity contribution < 1.29 is 17.9 Å². The minimum atomic E-state index is -3.17. The van der Waals surface area contributed by atoms with Crippen LogP contribution in [-0.2, 0) is 21.2 Å². The summed E-state index contributed by atoms with van der Waals surface area (Å²) >= 11 is 0. The number of benzene rings is 1. The number of aryl methyl sites for hydroxylation is 1. The first-order valence-corrected chi connectivity index (χ1v) is 10.9. The van der Waals surface area contributed by atoms with Crippen molar-refractivity contribution in [3.8, 4) is 5.75 Å². The van der Waals surface area contributed by atoms with E-state index in [4.69, 9.17) is 9.47 Å². The van der Waals surface area contributed by atoms with Crippen molar-refractivity contribution in [2.75, 3.05) is 32.6 Å². The van der Waals surface area contributed by atoms with Gasteiger partial charge in [0.25, 0.3) is 0 Å². The largest absolute Gasteiger partial charge is 0.497 e. The molecule has 1 aromatic rings. The minimum absolute atomic E-state index is 0.0993. The van der Waals surface area contributed by atoms with Gasteiger partial charge in [-0.25, -0.2) is 12.7 Å². The molecule has 2 heterocycles. The Labute approximate surface area is 151 Å². The van der Waals surface area contributed by atoms with Crippen LogP contribution in [-0.4, -0.2) is 51.4 Å². The van der Waals surface area contributed by atoms with Crippen molar-refractivity contribution in [3.63, 3.8) is 0 Å². The highest BCUT2D eigenvalue weighted by Crippen LogP contribution is 2.26. The highest BCUT2D eigenvalue weighted by Gasteiger charge is 2.31. The molecule has 25 heavy (non-hydrogen) atoms. The standard InChI is InChI=1S/C19H29NO4S/c1-23-18-8-6-16(7-9-18)4-5-17-10-12-20(13-11-17)25(21,22)15-19-3-2-14-24-19/h6-9,17,19H,2-5,10-15H2,1H3. The Balaban J connectivity index is 1.43. The van der Waals surface area contributed by atoms with Crippen LogP contribution in [0.2, 0.25) is 0 Å². The molecule has 0 aromatic heterocycles. The van der Waals surface area contributed by atoms with Crippen LogP contribution >= 0.6 is 0 Å². The number of rotatable bonds is 7. The van der Waals surface area contributed by atoms with Crippen molar-refractivity contribution in [2.45, 2.75) is 44.6 Å². The van der Waals surface area contributed by atoms with Gasteiger partial charge in [-0.15, -0.1) is 0 Å². The van der Waals surface area contributed by atoms with Crippen LogP contribution in [0.25, 0.3) is 0 Å². The van der Waals surface area contributed by atoms with Gasteiger partial charge >= 0.3 is 0 Å². The lowest BCUT2D eigenvalue weighted by Crippen LogP contribution is -2.41. The molecule has 6 heteroatoms. The summed E-state index contributed by atoms with van der Waals surface area (Å²) in [6, 6.07) is 8.21. The number of hydrogen-bond acceptors (Lipinski definition) is 4. The van der Waals surface area contributed by atoms with Crippen molar-refractivity contribution in [1.29, 1.82) is 0 Å². The van der Waals surface area contributed by atoms with Gasteiger partial charge in [-0.05, 0) is 62.1 Å². The normalized spacial score (nSPS) is 23.0. The maximum absolute atomic E-state index is 12.5. The zero-order valence-electron chi connectivity index (χ0n) is 15.0. The average molecular weight is 368 g/mol. The number of piperidine rings is 1. The number of methoxy groups -OCH3 is 1. The molecule has 0 spiro atoms. The van der Waals surface area contributed by atoms with E-state index in [1.807, 2.05) is 12.1 Å². The minimum Gasteiger partial charge on any atom is -0.497 e. The first-order chi connectivity index (χ1) is 12.1. The summed E-state index contributed by atoms with van der Waals surface area (Å²) in [5.41, 5.74) is 1.31. The summed E-state index contributed by atoms with van der Waals surface area (Å²) in [4.78, 5) is 0. The van der Waals surface area contributed by atoms with E-state index >= 15 is 0 Å². The Morgan fingerprint density at radius 2 is 1.88 bits per heavy atom. The van der Waals surface area contributed by atoms with Gasteiger partial charge in [0.2, 0.25) is 10.0 Å². The second kappa shape index (κ2) is 8.52. The van der Waals surface area contributed by atoms with E-state index < -0.39 is 10.0 Å². The SMILES string of the molecule is COc1ccc(CCC2CCN(S(=O)(=O)CC3CCCO3)CC2)cc1. The first kappa shape index (κ1) is 18.7. The second-order valence-corrected chi connectivity index (χ2v) is 9.16. The van der Waals surface area contributed by atoms with Gasteiger partial charge in [0, 0.05) is 19.7 Å². The third kappa shape index (κ3) is 5.19. The summed E-state index contributed by atoms with van der Waals surface area (Å²) in [7, 11) is -1.49. The summed E-state index contributed by atoms with van der Waals surface area (Å²) in [5, 5.41) is 0. The van der Waals surface area contributed by atoms with E-state index in [0.29, 0.717) is 25.6 Å². The first-order valence-electron chi connectivity index (χ1n) is 9.29. The number of ether oxygens (including phenoxy) is 2. The molecule has 1 atom stereocenters. The highest BCUT2D eigenvalue weighted by atomic mass is 32.2. The van der Waals surface area contributed by atoms with Crippen LogP contribution in [0.1, 0.15) is 37.7 Å². The van der Waals surface area contributed by atoms with E-state index in [1.54, 1.807) is 11.4 Å². The molecular weight excluding hydrogens is 338 g/mol. The van der Waals surface area contributed by atoms with Gasteiger partial charge in [0.05, 0.1) is 19.0 Å². The Morgan fingerprint density at radius 3 is 2.48 bits per heavy atom. The average Bonchev–Trinajstić information content (AvgIpc) is 3.13. The summed E-state index contributed by atoms with van der Waals surface area (Å²) in [5.74, 6) is 1.65. The molecule has 0 bridgehead atoms. The smallest absolute Gasteiger partial charge is 0.216 e. The molecule has 0 amide bonds. The van der Waals surface area contributed by atoms with Gasteiger partial charge in [0.15, 0.2) is 0 Å². The van der Waals surface area contributed by atoms with Crippen LogP contribution in [0, 0.1) is 5.92 Å². The lowest BCUT2D eigenvalue weighted by Gasteiger charge is -2.31. The zero-order chi connectivity index (χ0) is 17.7. The molecule has 1 unspecified atom stereocenters. The molecule has 2 aliphatic heterocycles. The van der Waals surface area contributed by atoms with Gasteiger partial charge in [-0.3, -0.25) is 0 Å². The fourth-order valence-corrected chi connectivity index (χ4v) is 5.47. The summed E-state index contributed by atoms with van der Waals surface area (Å²) in [6.45, 7) is 2.01. The predicted octanol–water partition coefficient (Wildman–Crippen LogP) is 2.85. The van der Waals surface area contributed by atoms with Crippen molar-refractivity contribution in [2.24, 2.45) is 5.92 Å². The van der Waals surface area contributed by atoms with Gasteiger partial charge in [-0.2, -0.15) is 0 Å². The molecule has 0 radical (unpaired) electrons. The van der Waals surface area contributed by atoms with Crippen LogP contribution in [0.4, 0.5) is 0 Å². The van der Waals surface area contributed by atoms with E-state index in [-0.39, 0.29) is 11.9 Å². The van der Waals surface area contributed by atoms with E-state index in [0.717, 1.165) is 44.3 Å². The lowest BCUT2D eigenvalue weighted by atomic mass is 9.91. The summed E-state index contributed by atoms with van der Waals surface area (Å²) < 4.78 is 37.4. The predicted molar refractivity (Wildman–Crippen MR) is 98.4 cm³/mol. The van der Waals surface area contributed by atoms with Gasteiger partial charge in [-0.1, -0.05) is 12.1 Å².